The Bertz CT molecular complexity index is 988. The summed E-state index contributed by atoms with van der Waals surface area (Å²) in [6.45, 7) is 5.68. The molecule has 32 heavy (non-hydrogen) atoms. The normalized spacial score (nSPS) is 28.8. The van der Waals surface area contributed by atoms with Gasteiger partial charge in [0.1, 0.15) is 11.9 Å². The summed E-state index contributed by atoms with van der Waals surface area (Å²) in [6, 6.07) is 5.89. The molecule has 1 heterocycles. The van der Waals surface area contributed by atoms with Crippen molar-refractivity contribution < 1.29 is 9.53 Å². The third kappa shape index (κ3) is 4.57. The first kappa shape index (κ1) is 21.2. The van der Waals surface area contributed by atoms with Crippen LogP contribution in [-0.4, -0.2) is 27.1 Å². The Balaban J connectivity index is 1.46. The molecule has 1 N–H and O–H groups in total. The summed E-state index contributed by atoms with van der Waals surface area (Å²) in [4.78, 5) is 20.9. The third-order valence-electron chi connectivity index (χ3n) is 7.16. The van der Waals surface area contributed by atoms with Crippen LogP contribution in [0.1, 0.15) is 80.8 Å². The first-order valence-corrected chi connectivity index (χ1v) is 11.9. The molecule has 168 valence electrons. The molecule has 1 aromatic carbocycles. The lowest BCUT2D eigenvalue weighted by atomic mass is 9.53. The maximum Gasteiger partial charge on any atom is 0.338 e. The van der Waals surface area contributed by atoms with Gasteiger partial charge in [-0.1, -0.05) is 12.2 Å². The number of aromatic nitrogens is 2. The minimum Gasteiger partial charge on any atom is -0.456 e. The highest BCUT2D eigenvalue weighted by molar-refractivity contribution is 5.92. The van der Waals surface area contributed by atoms with E-state index >= 15 is 0 Å². The monoisotopic (exact) mass is 431 g/mol. The highest BCUT2D eigenvalue weighted by atomic mass is 16.6. The Kier molecular flexibility index (Phi) is 5.31. The number of esters is 1. The van der Waals surface area contributed by atoms with E-state index in [1.807, 2.05) is 39.0 Å². The number of hydrogen-bond donors (Lipinski definition) is 1. The number of ether oxygens (including phenoxy) is 1. The lowest BCUT2D eigenvalue weighted by Crippen LogP contribution is -2.54. The molecule has 0 spiro atoms. The minimum absolute atomic E-state index is 0.195. The van der Waals surface area contributed by atoms with Crippen molar-refractivity contribution >= 4 is 23.8 Å². The molecule has 5 nitrogen and oxygen atoms in total. The van der Waals surface area contributed by atoms with Gasteiger partial charge in [-0.15, -0.1) is 0 Å². The van der Waals surface area contributed by atoms with Gasteiger partial charge in [0.25, 0.3) is 0 Å². The summed E-state index contributed by atoms with van der Waals surface area (Å²) >= 11 is 0. The molecule has 4 bridgehead atoms. The van der Waals surface area contributed by atoms with Crippen LogP contribution in [0.25, 0.3) is 12.2 Å². The van der Waals surface area contributed by atoms with Gasteiger partial charge < -0.3 is 10.1 Å². The van der Waals surface area contributed by atoms with E-state index < -0.39 is 5.60 Å². The van der Waals surface area contributed by atoms with Crippen LogP contribution in [0.15, 0.2) is 36.9 Å². The molecule has 0 amide bonds. The number of nitrogens with zero attached hydrogens (tertiary/aromatic N) is 2. The van der Waals surface area contributed by atoms with Crippen molar-refractivity contribution in [2.45, 2.75) is 70.4 Å². The first-order valence-electron chi connectivity index (χ1n) is 11.9. The Morgan fingerprint density at radius 2 is 1.66 bits per heavy atom. The van der Waals surface area contributed by atoms with Gasteiger partial charge in [0.05, 0.1) is 5.56 Å². The second-order valence-corrected chi connectivity index (χ2v) is 11.1. The summed E-state index contributed by atoms with van der Waals surface area (Å²) in [5.74, 6) is 2.32. The SMILES string of the molecule is CC(C)(C)OC(=O)c1ccc(NC23CC4CC(CC(C4)C2)C3)c(/C=C\c2cncnc2)c1. The molecule has 4 saturated carbocycles. The van der Waals surface area contributed by atoms with Gasteiger partial charge >= 0.3 is 5.97 Å². The predicted octanol–water partition coefficient (Wildman–Crippen LogP) is 5.98. The molecule has 2 aromatic rings. The molecule has 0 radical (unpaired) electrons. The van der Waals surface area contributed by atoms with Crippen molar-refractivity contribution in [1.29, 1.82) is 0 Å². The smallest absolute Gasteiger partial charge is 0.338 e. The van der Waals surface area contributed by atoms with Crippen LogP contribution in [-0.2, 0) is 4.74 Å². The van der Waals surface area contributed by atoms with Crippen LogP contribution in [0.5, 0.6) is 0 Å². The van der Waals surface area contributed by atoms with E-state index in [0.29, 0.717) is 5.56 Å². The van der Waals surface area contributed by atoms with Gasteiger partial charge in [-0.3, -0.25) is 0 Å². The molecule has 0 aliphatic heterocycles. The molecule has 1 aromatic heterocycles. The molecule has 4 aliphatic carbocycles. The molecule has 0 unspecified atom stereocenters. The number of nitrogens with one attached hydrogen (secondary N) is 1. The topological polar surface area (TPSA) is 64.1 Å². The average Bonchev–Trinajstić information content (AvgIpc) is 2.71. The van der Waals surface area contributed by atoms with E-state index in [1.54, 1.807) is 12.4 Å². The van der Waals surface area contributed by atoms with E-state index in [1.165, 1.54) is 44.9 Å². The van der Waals surface area contributed by atoms with Crippen LogP contribution >= 0.6 is 0 Å². The van der Waals surface area contributed by atoms with Crippen LogP contribution < -0.4 is 5.32 Å². The number of carbonyl (C=O) groups is 1. The van der Waals surface area contributed by atoms with Crippen molar-refractivity contribution in [1.82, 2.24) is 9.97 Å². The van der Waals surface area contributed by atoms with Crippen molar-refractivity contribution in [2.75, 3.05) is 5.32 Å². The van der Waals surface area contributed by atoms with Crippen LogP contribution in [0.4, 0.5) is 5.69 Å². The lowest BCUT2D eigenvalue weighted by Gasteiger charge is -2.57. The zero-order valence-corrected chi connectivity index (χ0v) is 19.3. The van der Waals surface area contributed by atoms with Gasteiger partial charge in [0.15, 0.2) is 0 Å². The highest BCUT2D eigenvalue weighted by Gasteiger charge is 2.51. The highest BCUT2D eigenvalue weighted by Crippen LogP contribution is 2.56. The number of carbonyl (C=O) groups excluding carboxylic acids is 1. The fraction of sp³-hybridized carbons (Fsp3) is 0.519. The molecule has 4 fully saturated rings. The summed E-state index contributed by atoms with van der Waals surface area (Å²) < 4.78 is 5.61. The molecular formula is C27H33N3O2. The largest absolute Gasteiger partial charge is 0.456 e. The van der Waals surface area contributed by atoms with E-state index in [0.717, 1.165) is 34.6 Å². The summed E-state index contributed by atoms with van der Waals surface area (Å²) in [5.41, 5.74) is 3.25. The van der Waals surface area contributed by atoms with E-state index in [4.69, 9.17) is 4.74 Å². The van der Waals surface area contributed by atoms with Crippen molar-refractivity contribution in [3.05, 3.63) is 53.6 Å². The zero-order valence-electron chi connectivity index (χ0n) is 19.3. The second kappa shape index (κ2) is 8.02. The molecule has 5 heteroatoms. The number of hydrogen-bond acceptors (Lipinski definition) is 5. The second-order valence-electron chi connectivity index (χ2n) is 11.1. The van der Waals surface area contributed by atoms with Gasteiger partial charge in [-0.2, -0.15) is 0 Å². The van der Waals surface area contributed by atoms with E-state index in [9.17, 15) is 4.79 Å². The summed E-state index contributed by atoms with van der Waals surface area (Å²) in [7, 11) is 0. The number of rotatable bonds is 5. The third-order valence-corrected chi connectivity index (χ3v) is 7.16. The maximum absolute atomic E-state index is 12.7. The molecule has 0 atom stereocenters. The predicted molar refractivity (Wildman–Crippen MR) is 127 cm³/mol. The quantitative estimate of drug-likeness (QED) is 0.590. The molecule has 0 saturated heterocycles. The van der Waals surface area contributed by atoms with Gasteiger partial charge in [-0.25, -0.2) is 14.8 Å². The fourth-order valence-electron chi connectivity index (χ4n) is 6.41. The van der Waals surface area contributed by atoms with Crippen LogP contribution in [0, 0.1) is 17.8 Å². The average molecular weight is 432 g/mol. The van der Waals surface area contributed by atoms with Crippen molar-refractivity contribution in [2.24, 2.45) is 17.8 Å². The van der Waals surface area contributed by atoms with Crippen LogP contribution in [0.2, 0.25) is 0 Å². The maximum atomic E-state index is 12.7. The standard InChI is InChI=1S/C27H33N3O2/c1-26(2,3)32-25(31)23-6-7-24(22(11-23)5-4-18-15-28-17-29-16-18)30-27-12-19-8-20(13-27)10-21(9-19)14-27/h4-7,11,15-17,19-21,30H,8-10,12-14H2,1-3H3/b5-4-. The fourth-order valence-corrected chi connectivity index (χ4v) is 6.41. The number of benzene rings is 1. The van der Waals surface area contributed by atoms with Gasteiger partial charge in [-0.05, 0) is 101 Å². The molecule has 4 aliphatic rings. The molecule has 6 rings (SSSR count). The minimum atomic E-state index is -0.523. The Labute approximate surface area is 190 Å². The van der Waals surface area contributed by atoms with Crippen molar-refractivity contribution in [3.8, 4) is 0 Å². The Morgan fingerprint density at radius 3 is 2.25 bits per heavy atom. The van der Waals surface area contributed by atoms with Crippen molar-refractivity contribution in [3.63, 3.8) is 0 Å². The molecular weight excluding hydrogens is 398 g/mol. The lowest BCUT2D eigenvalue weighted by molar-refractivity contribution is 0.00694. The Hall–Kier alpha value is -2.69. The van der Waals surface area contributed by atoms with Gasteiger partial charge in [0.2, 0.25) is 0 Å². The summed E-state index contributed by atoms with van der Waals surface area (Å²) in [5, 5.41) is 3.97. The summed E-state index contributed by atoms with van der Waals surface area (Å²) in [6.07, 6.45) is 17.2. The number of anilines is 1. The van der Waals surface area contributed by atoms with Gasteiger partial charge in [0, 0.05) is 29.2 Å². The van der Waals surface area contributed by atoms with E-state index in [-0.39, 0.29) is 11.5 Å². The Morgan fingerprint density at radius 1 is 1.03 bits per heavy atom. The first-order chi connectivity index (χ1) is 15.3. The van der Waals surface area contributed by atoms with Crippen LogP contribution in [0.3, 0.4) is 0 Å². The zero-order chi connectivity index (χ0) is 22.3. The van der Waals surface area contributed by atoms with E-state index in [2.05, 4.69) is 27.4 Å².